The molecule has 0 bridgehead atoms. The van der Waals surface area contributed by atoms with E-state index in [2.05, 4.69) is 11.6 Å². The summed E-state index contributed by atoms with van der Waals surface area (Å²) in [4.78, 5) is 3.89. The second-order valence-electron chi connectivity index (χ2n) is 1.03. The SMILES string of the molecule is C=C/N=C(\C)SC. The van der Waals surface area contributed by atoms with Gasteiger partial charge in [-0.15, -0.1) is 11.8 Å². The summed E-state index contributed by atoms with van der Waals surface area (Å²) >= 11 is 1.63. The van der Waals surface area contributed by atoms with Crippen molar-refractivity contribution in [1.82, 2.24) is 0 Å². The van der Waals surface area contributed by atoms with Crippen LogP contribution < -0.4 is 0 Å². The molecule has 2 heteroatoms. The molecule has 0 atom stereocenters. The summed E-state index contributed by atoms with van der Waals surface area (Å²) in [5.74, 6) is 0. The molecule has 0 aromatic carbocycles. The van der Waals surface area contributed by atoms with Crippen LogP contribution >= 0.6 is 11.8 Å². The standard InChI is InChI=1S/C5H9NS/c1-4-6-5(2)7-3/h4H,1H2,2-3H3/b6-5+. The molecule has 0 aliphatic heterocycles. The van der Waals surface area contributed by atoms with Crippen molar-refractivity contribution in [3.8, 4) is 0 Å². The molecule has 0 unspecified atom stereocenters. The van der Waals surface area contributed by atoms with E-state index in [4.69, 9.17) is 0 Å². The largest absolute Gasteiger partial charge is 0.255 e. The van der Waals surface area contributed by atoms with Crippen LogP contribution in [0.5, 0.6) is 0 Å². The van der Waals surface area contributed by atoms with Gasteiger partial charge >= 0.3 is 0 Å². The fraction of sp³-hybridized carbons (Fsp3) is 0.400. The van der Waals surface area contributed by atoms with E-state index >= 15 is 0 Å². The smallest absolute Gasteiger partial charge is 0.0697 e. The minimum atomic E-state index is 1.05. The molecular weight excluding hydrogens is 106 g/mol. The topological polar surface area (TPSA) is 12.4 Å². The third-order valence-corrected chi connectivity index (χ3v) is 1.26. The van der Waals surface area contributed by atoms with Crippen molar-refractivity contribution in [2.24, 2.45) is 4.99 Å². The molecule has 1 nitrogen and oxygen atoms in total. The van der Waals surface area contributed by atoms with Gasteiger partial charge in [0, 0.05) is 6.20 Å². The summed E-state index contributed by atoms with van der Waals surface area (Å²) in [5, 5.41) is 1.05. The third-order valence-electron chi connectivity index (χ3n) is 0.569. The van der Waals surface area contributed by atoms with Gasteiger partial charge in [0.2, 0.25) is 0 Å². The lowest BCUT2D eigenvalue weighted by Crippen LogP contribution is -1.75. The Balaban J connectivity index is 3.49. The first-order chi connectivity index (χ1) is 3.31. The van der Waals surface area contributed by atoms with E-state index in [0.717, 1.165) is 5.04 Å². The lowest BCUT2D eigenvalue weighted by atomic mass is 10.8. The maximum Gasteiger partial charge on any atom is 0.0697 e. The van der Waals surface area contributed by atoms with Crippen molar-refractivity contribution in [2.75, 3.05) is 6.26 Å². The first kappa shape index (κ1) is 6.76. The Morgan fingerprint density at radius 2 is 2.43 bits per heavy atom. The van der Waals surface area contributed by atoms with Crippen molar-refractivity contribution in [3.05, 3.63) is 12.8 Å². The molecule has 0 heterocycles. The van der Waals surface area contributed by atoms with Crippen LogP contribution in [0.2, 0.25) is 0 Å². The van der Waals surface area contributed by atoms with Gasteiger partial charge in [0.1, 0.15) is 0 Å². The van der Waals surface area contributed by atoms with E-state index in [1.54, 1.807) is 18.0 Å². The number of hydrogen-bond acceptors (Lipinski definition) is 2. The lowest BCUT2D eigenvalue weighted by molar-refractivity contribution is 1.59. The minimum Gasteiger partial charge on any atom is -0.255 e. The normalized spacial score (nSPS) is 11.4. The number of aliphatic imine (C=N–C) groups is 1. The summed E-state index contributed by atoms with van der Waals surface area (Å²) in [6.07, 6.45) is 3.54. The van der Waals surface area contributed by atoms with E-state index in [0.29, 0.717) is 0 Å². The quantitative estimate of drug-likeness (QED) is 0.375. The Morgan fingerprint density at radius 3 is 2.57 bits per heavy atom. The van der Waals surface area contributed by atoms with Crippen LogP contribution in [0.1, 0.15) is 6.92 Å². The van der Waals surface area contributed by atoms with Gasteiger partial charge in [-0.25, -0.2) is 0 Å². The van der Waals surface area contributed by atoms with Crippen molar-refractivity contribution in [2.45, 2.75) is 6.92 Å². The van der Waals surface area contributed by atoms with Gasteiger partial charge in [0.25, 0.3) is 0 Å². The highest BCUT2D eigenvalue weighted by Crippen LogP contribution is 1.94. The molecule has 40 valence electrons. The Bertz CT molecular complexity index is 86.1. The van der Waals surface area contributed by atoms with Crippen molar-refractivity contribution < 1.29 is 0 Å². The molecule has 0 N–H and O–H groups in total. The average molecular weight is 115 g/mol. The van der Waals surface area contributed by atoms with Crippen LogP contribution in [-0.4, -0.2) is 11.3 Å². The van der Waals surface area contributed by atoms with Crippen LogP contribution in [0.25, 0.3) is 0 Å². The van der Waals surface area contributed by atoms with Crippen LogP contribution in [0.15, 0.2) is 17.8 Å². The van der Waals surface area contributed by atoms with Gasteiger partial charge in [-0.2, -0.15) is 0 Å². The van der Waals surface area contributed by atoms with Crippen molar-refractivity contribution >= 4 is 16.8 Å². The molecule has 0 aromatic rings. The zero-order valence-electron chi connectivity index (χ0n) is 4.64. The lowest BCUT2D eigenvalue weighted by Gasteiger charge is -1.84. The molecule has 0 amide bonds. The van der Waals surface area contributed by atoms with Crippen LogP contribution in [0, 0.1) is 0 Å². The fourth-order valence-electron chi connectivity index (χ4n) is 0.181. The molecule has 0 radical (unpaired) electrons. The summed E-state index contributed by atoms with van der Waals surface area (Å²) in [7, 11) is 0. The molecular formula is C5H9NS. The Hall–Kier alpha value is -0.240. The van der Waals surface area contributed by atoms with E-state index in [1.165, 1.54) is 0 Å². The first-order valence-corrected chi connectivity index (χ1v) is 3.23. The zero-order valence-corrected chi connectivity index (χ0v) is 5.46. The number of rotatable bonds is 1. The first-order valence-electron chi connectivity index (χ1n) is 2.00. The highest BCUT2D eigenvalue weighted by atomic mass is 32.2. The number of hydrogen-bond donors (Lipinski definition) is 0. The van der Waals surface area contributed by atoms with Gasteiger partial charge in [-0.1, -0.05) is 6.58 Å². The minimum absolute atomic E-state index is 1.05. The van der Waals surface area contributed by atoms with Gasteiger partial charge in [-0.3, -0.25) is 4.99 Å². The molecule has 0 spiro atoms. The second kappa shape index (κ2) is 3.93. The molecule has 0 aliphatic carbocycles. The predicted octanol–water partition coefficient (Wildman–Crippen LogP) is 1.91. The summed E-state index contributed by atoms with van der Waals surface area (Å²) in [6, 6.07) is 0. The summed E-state index contributed by atoms with van der Waals surface area (Å²) in [5.41, 5.74) is 0. The molecule has 0 aromatic heterocycles. The van der Waals surface area contributed by atoms with Crippen LogP contribution in [-0.2, 0) is 0 Å². The maximum atomic E-state index is 3.89. The summed E-state index contributed by atoms with van der Waals surface area (Å²) < 4.78 is 0. The summed E-state index contributed by atoms with van der Waals surface area (Å²) in [6.45, 7) is 5.40. The highest BCUT2D eigenvalue weighted by Gasteiger charge is 1.77. The molecule has 0 fully saturated rings. The molecule has 0 aliphatic rings. The predicted molar refractivity (Wildman–Crippen MR) is 36.8 cm³/mol. The van der Waals surface area contributed by atoms with Gasteiger partial charge < -0.3 is 0 Å². The van der Waals surface area contributed by atoms with E-state index < -0.39 is 0 Å². The maximum absolute atomic E-state index is 3.89. The van der Waals surface area contributed by atoms with Crippen molar-refractivity contribution in [3.63, 3.8) is 0 Å². The number of thioether (sulfide) groups is 1. The van der Waals surface area contributed by atoms with Crippen LogP contribution in [0.3, 0.4) is 0 Å². The third kappa shape index (κ3) is 3.59. The Morgan fingerprint density at radius 1 is 1.86 bits per heavy atom. The van der Waals surface area contributed by atoms with Crippen LogP contribution in [0.4, 0.5) is 0 Å². The second-order valence-corrected chi connectivity index (χ2v) is 2.03. The van der Waals surface area contributed by atoms with Crippen molar-refractivity contribution in [1.29, 1.82) is 0 Å². The fourth-order valence-corrected chi connectivity index (χ4v) is 0.361. The molecule has 0 saturated carbocycles. The van der Waals surface area contributed by atoms with E-state index in [-0.39, 0.29) is 0 Å². The monoisotopic (exact) mass is 115 g/mol. The molecule has 0 saturated heterocycles. The molecule has 0 rings (SSSR count). The van der Waals surface area contributed by atoms with Gasteiger partial charge in [-0.05, 0) is 13.2 Å². The van der Waals surface area contributed by atoms with Gasteiger partial charge in [0.05, 0.1) is 5.04 Å². The van der Waals surface area contributed by atoms with Gasteiger partial charge in [0.15, 0.2) is 0 Å². The Kier molecular flexibility index (Phi) is 3.80. The Labute approximate surface area is 48.5 Å². The van der Waals surface area contributed by atoms with E-state index in [9.17, 15) is 0 Å². The number of nitrogens with zero attached hydrogens (tertiary/aromatic N) is 1. The zero-order chi connectivity index (χ0) is 5.70. The molecule has 7 heavy (non-hydrogen) atoms. The average Bonchev–Trinajstić information content (AvgIpc) is 1.68. The van der Waals surface area contributed by atoms with E-state index in [1.807, 2.05) is 13.2 Å². The highest BCUT2D eigenvalue weighted by molar-refractivity contribution is 8.13.